The number of hydrogen-bond acceptors (Lipinski definition) is 2. The van der Waals surface area contributed by atoms with Crippen LogP contribution in [0.15, 0.2) is 24.3 Å². The van der Waals surface area contributed by atoms with Crippen LogP contribution in [-0.4, -0.2) is 23.2 Å². The molecule has 0 spiro atoms. The second kappa shape index (κ2) is 4.40. The lowest BCUT2D eigenvalue weighted by Gasteiger charge is -2.25. The number of carboxylic acid groups (broad SMARTS) is 1. The van der Waals surface area contributed by atoms with Crippen LogP contribution < -0.4 is 4.90 Å². The molecule has 2 saturated heterocycles. The fourth-order valence-corrected chi connectivity index (χ4v) is 3.48. The molecule has 3 atom stereocenters. The Morgan fingerprint density at radius 2 is 1.85 bits per heavy atom. The normalized spacial score (nSPS) is 28.9. The summed E-state index contributed by atoms with van der Waals surface area (Å²) in [6, 6.07) is 5.05. The molecule has 3 nitrogen and oxygen atoms in total. The monoisotopic (exact) mass is 285 g/mol. The molecule has 1 aromatic carbocycles. The van der Waals surface area contributed by atoms with Crippen LogP contribution in [0.3, 0.4) is 0 Å². The number of anilines is 1. The molecule has 2 heterocycles. The topological polar surface area (TPSA) is 40.5 Å². The Balaban J connectivity index is 1.86. The van der Waals surface area contributed by atoms with Crippen LogP contribution in [0.5, 0.6) is 0 Å². The summed E-state index contributed by atoms with van der Waals surface area (Å²) >= 11 is 0. The second-order valence-electron chi connectivity index (χ2n) is 5.43. The van der Waals surface area contributed by atoms with Crippen molar-refractivity contribution in [1.82, 2.24) is 0 Å². The second-order valence-corrected chi connectivity index (χ2v) is 5.43. The van der Waals surface area contributed by atoms with Gasteiger partial charge in [0.1, 0.15) is 0 Å². The largest absolute Gasteiger partial charge is 0.481 e. The predicted molar refractivity (Wildman–Crippen MR) is 66.5 cm³/mol. The van der Waals surface area contributed by atoms with E-state index in [-0.39, 0.29) is 12.1 Å². The Bertz CT molecular complexity index is 526. The van der Waals surface area contributed by atoms with E-state index in [1.165, 1.54) is 12.1 Å². The average Bonchev–Trinajstić information content (AvgIpc) is 2.95. The Labute approximate surface area is 114 Å². The van der Waals surface area contributed by atoms with Gasteiger partial charge in [-0.05, 0) is 43.5 Å². The molecule has 3 unspecified atom stereocenters. The Kier molecular flexibility index (Phi) is 2.92. The first-order valence-electron chi connectivity index (χ1n) is 6.56. The molecule has 2 aliphatic rings. The van der Waals surface area contributed by atoms with E-state index >= 15 is 0 Å². The molecule has 2 bridgehead atoms. The molecule has 0 aliphatic carbocycles. The molecule has 20 heavy (non-hydrogen) atoms. The minimum absolute atomic E-state index is 0.0887. The molecule has 108 valence electrons. The van der Waals surface area contributed by atoms with Gasteiger partial charge in [-0.15, -0.1) is 0 Å². The van der Waals surface area contributed by atoms with Gasteiger partial charge in [-0.1, -0.05) is 0 Å². The number of fused-ring (bicyclic) bond motifs is 2. The van der Waals surface area contributed by atoms with E-state index in [0.717, 1.165) is 25.0 Å². The summed E-state index contributed by atoms with van der Waals surface area (Å²) in [5, 5.41) is 9.18. The number of carbonyl (C=O) groups is 1. The molecule has 2 aliphatic heterocycles. The first-order valence-corrected chi connectivity index (χ1v) is 6.56. The molecular weight excluding hydrogens is 271 g/mol. The highest BCUT2D eigenvalue weighted by Gasteiger charge is 2.49. The van der Waals surface area contributed by atoms with E-state index in [2.05, 4.69) is 0 Å². The van der Waals surface area contributed by atoms with Crippen LogP contribution in [0.25, 0.3) is 0 Å². The Morgan fingerprint density at radius 3 is 2.35 bits per heavy atom. The van der Waals surface area contributed by atoms with E-state index in [1.54, 1.807) is 0 Å². The van der Waals surface area contributed by atoms with Crippen LogP contribution in [0.2, 0.25) is 0 Å². The summed E-state index contributed by atoms with van der Waals surface area (Å²) in [6.45, 7) is 0. The quantitative estimate of drug-likeness (QED) is 0.907. The molecule has 0 amide bonds. The summed E-state index contributed by atoms with van der Waals surface area (Å²) in [4.78, 5) is 13.2. The summed E-state index contributed by atoms with van der Waals surface area (Å²) in [5.74, 6) is -1.22. The molecule has 0 radical (unpaired) electrons. The van der Waals surface area contributed by atoms with Gasteiger partial charge in [0, 0.05) is 17.8 Å². The van der Waals surface area contributed by atoms with Crippen molar-refractivity contribution >= 4 is 11.7 Å². The van der Waals surface area contributed by atoms with Crippen molar-refractivity contribution in [3.8, 4) is 0 Å². The van der Waals surface area contributed by atoms with Gasteiger partial charge in [0.05, 0.1) is 11.5 Å². The van der Waals surface area contributed by atoms with Crippen molar-refractivity contribution in [3.63, 3.8) is 0 Å². The van der Waals surface area contributed by atoms with Gasteiger partial charge in [0.25, 0.3) is 0 Å². The fraction of sp³-hybridized carbons (Fsp3) is 0.500. The minimum Gasteiger partial charge on any atom is -0.481 e. The smallest absolute Gasteiger partial charge is 0.416 e. The van der Waals surface area contributed by atoms with E-state index < -0.39 is 23.6 Å². The zero-order valence-electron chi connectivity index (χ0n) is 10.6. The molecule has 6 heteroatoms. The summed E-state index contributed by atoms with van der Waals surface area (Å²) in [7, 11) is 0. The van der Waals surface area contributed by atoms with E-state index in [4.69, 9.17) is 0 Å². The van der Waals surface area contributed by atoms with E-state index in [0.29, 0.717) is 12.1 Å². The zero-order valence-corrected chi connectivity index (χ0v) is 10.6. The van der Waals surface area contributed by atoms with Crippen molar-refractivity contribution in [2.45, 2.75) is 37.5 Å². The Hall–Kier alpha value is -1.72. The van der Waals surface area contributed by atoms with Gasteiger partial charge in [-0.25, -0.2) is 0 Å². The number of aliphatic carboxylic acids is 1. The van der Waals surface area contributed by atoms with Crippen molar-refractivity contribution < 1.29 is 23.1 Å². The number of hydrogen-bond donors (Lipinski definition) is 1. The lowest BCUT2D eigenvalue weighted by molar-refractivity contribution is -0.142. The summed E-state index contributed by atoms with van der Waals surface area (Å²) in [5.41, 5.74) is 0.0110. The third-order valence-electron chi connectivity index (χ3n) is 4.35. The van der Waals surface area contributed by atoms with Crippen LogP contribution in [0, 0.1) is 5.92 Å². The maximum atomic E-state index is 12.5. The SMILES string of the molecule is O=C(O)C1CC2CCC1N2c1ccc(C(F)(F)F)cc1. The first kappa shape index (κ1) is 13.3. The maximum Gasteiger partial charge on any atom is 0.416 e. The number of rotatable bonds is 2. The third kappa shape index (κ3) is 2.03. The van der Waals surface area contributed by atoms with E-state index in [9.17, 15) is 23.1 Å². The van der Waals surface area contributed by atoms with Crippen LogP contribution >= 0.6 is 0 Å². The highest BCUT2D eigenvalue weighted by Crippen LogP contribution is 2.45. The molecule has 0 saturated carbocycles. The predicted octanol–water partition coefficient (Wildman–Crippen LogP) is 3.15. The molecule has 3 rings (SSSR count). The van der Waals surface area contributed by atoms with Crippen molar-refractivity contribution in [1.29, 1.82) is 0 Å². The van der Waals surface area contributed by atoms with Crippen LogP contribution in [0.4, 0.5) is 18.9 Å². The highest BCUT2D eigenvalue weighted by atomic mass is 19.4. The number of carboxylic acids is 1. The standard InChI is InChI=1S/C14H14F3NO2/c15-14(16,17)8-1-3-9(4-2-8)18-10-5-6-12(18)11(7-10)13(19)20/h1-4,10-12H,5-7H2,(H,19,20). The minimum atomic E-state index is -4.34. The van der Waals surface area contributed by atoms with Gasteiger partial charge in [0.15, 0.2) is 0 Å². The van der Waals surface area contributed by atoms with Gasteiger partial charge in [-0.2, -0.15) is 13.2 Å². The fourth-order valence-electron chi connectivity index (χ4n) is 3.48. The van der Waals surface area contributed by atoms with Crippen molar-refractivity contribution in [2.75, 3.05) is 4.90 Å². The van der Waals surface area contributed by atoms with Crippen LogP contribution in [-0.2, 0) is 11.0 Å². The molecule has 1 aromatic rings. The van der Waals surface area contributed by atoms with E-state index in [1.807, 2.05) is 4.90 Å². The van der Waals surface area contributed by atoms with Crippen LogP contribution in [0.1, 0.15) is 24.8 Å². The number of nitrogens with zero attached hydrogens (tertiary/aromatic N) is 1. The number of halogens is 3. The summed E-state index contributed by atoms with van der Waals surface area (Å²) < 4.78 is 37.6. The maximum absolute atomic E-state index is 12.5. The Morgan fingerprint density at radius 1 is 1.20 bits per heavy atom. The molecule has 2 fully saturated rings. The zero-order chi connectivity index (χ0) is 14.5. The molecule has 1 N–H and O–H groups in total. The van der Waals surface area contributed by atoms with Crippen molar-refractivity contribution in [3.05, 3.63) is 29.8 Å². The molecular formula is C14H14F3NO2. The summed E-state index contributed by atoms with van der Waals surface area (Å²) in [6.07, 6.45) is -2.05. The number of alkyl halides is 3. The van der Waals surface area contributed by atoms with Gasteiger partial charge >= 0.3 is 12.1 Å². The molecule has 0 aromatic heterocycles. The number of benzene rings is 1. The lowest BCUT2D eigenvalue weighted by Crippen LogP contribution is -2.32. The van der Waals surface area contributed by atoms with Crippen molar-refractivity contribution in [2.24, 2.45) is 5.92 Å². The first-order chi connectivity index (χ1) is 9.38. The third-order valence-corrected chi connectivity index (χ3v) is 4.35. The van der Waals surface area contributed by atoms with Gasteiger partial charge < -0.3 is 10.0 Å². The van der Waals surface area contributed by atoms with Gasteiger partial charge in [-0.3, -0.25) is 4.79 Å². The highest BCUT2D eigenvalue weighted by molar-refractivity contribution is 5.74. The average molecular weight is 285 g/mol. The van der Waals surface area contributed by atoms with Gasteiger partial charge in [0.2, 0.25) is 0 Å². The lowest BCUT2D eigenvalue weighted by atomic mass is 9.89.